The lowest BCUT2D eigenvalue weighted by Crippen LogP contribution is -2.31. The van der Waals surface area contributed by atoms with Gasteiger partial charge in [-0.25, -0.2) is 4.39 Å². The number of carbonyl (C=O) groups excluding carboxylic acids is 2. The molecule has 2 amide bonds. The number of methoxy groups -OCH3 is 1. The minimum absolute atomic E-state index is 0.0725. The maximum Gasteiger partial charge on any atom is 0.226 e. The summed E-state index contributed by atoms with van der Waals surface area (Å²) >= 11 is 0. The summed E-state index contributed by atoms with van der Waals surface area (Å²) in [6.07, 6.45) is 0.0725. The minimum Gasteiger partial charge on any atom is -0.496 e. The molecule has 2 aromatic rings. The molecule has 25 heavy (non-hydrogen) atoms. The normalized spacial score (nSPS) is 10.2. The molecule has 0 radical (unpaired) electrons. The van der Waals surface area contributed by atoms with Gasteiger partial charge in [0.25, 0.3) is 0 Å². The number of benzene rings is 2. The molecule has 0 aliphatic heterocycles. The van der Waals surface area contributed by atoms with Gasteiger partial charge >= 0.3 is 0 Å². The van der Waals surface area contributed by atoms with Gasteiger partial charge in [-0.15, -0.1) is 0 Å². The van der Waals surface area contributed by atoms with E-state index in [1.54, 1.807) is 24.1 Å². The van der Waals surface area contributed by atoms with Crippen LogP contribution in [0.15, 0.2) is 48.5 Å². The molecule has 5 nitrogen and oxygen atoms in total. The lowest BCUT2D eigenvalue weighted by molar-refractivity contribution is -0.129. The van der Waals surface area contributed by atoms with Crippen molar-refractivity contribution >= 4 is 17.5 Å². The van der Waals surface area contributed by atoms with Crippen LogP contribution in [0.25, 0.3) is 0 Å². The lowest BCUT2D eigenvalue weighted by Gasteiger charge is -2.22. The summed E-state index contributed by atoms with van der Waals surface area (Å²) in [5.41, 5.74) is 0.987. The van der Waals surface area contributed by atoms with Crippen molar-refractivity contribution in [2.45, 2.75) is 19.9 Å². The van der Waals surface area contributed by atoms with E-state index < -0.39 is 5.82 Å². The van der Waals surface area contributed by atoms with E-state index >= 15 is 0 Å². The molecule has 0 saturated carbocycles. The third kappa shape index (κ3) is 5.31. The van der Waals surface area contributed by atoms with Crippen molar-refractivity contribution < 1.29 is 18.7 Å². The highest BCUT2D eigenvalue weighted by Gasteiger charge is 2.14. The van der Waals surface area contributed by atoms with Crippen molar-refractivity contribution in [1.29, 1.82) is 0 Å². The van der Waals surface area contributed by atoms with Crippen LogP contribution < -0.4 is 10.1 Å². The Morgan fingerprint density at radius 2 is 1.80 bits per heavy atom. The Hall–Kier alpha value is -2.89. The molecule has 132 valence electrons. The standard InChI is InChI=1S/C19H21FN2O3/c1-14(23)22(13-15-7-3-6-10-18(15)25-2)12-11-19(24)21-17-9-5-4-8-16(17)20/h3-10H,11-13H2,1-2H3,(H,21,24). The average molecular weight is 344 g/mol. The maximum absolute atomic E-state index is 13.6. The van der Waals surface area contributed by atoms with Crippen LogP contribution in [-0.4, -0.2) is 30.4 Å². The smallest absolute Gasteiger partial charge is 0.226 e. The van der Waals surface area contributed by atoms with Crippen molar-refractivity contribution in [2.75, 3.05) is 19.0 Å². The molecular weight excluding hydrogens is 323 g/mol. The number of nitrogens with one attached hydrogen (secondary N) is 1. The molecule has 0 atom stereocenters. The molecule has 0 fully saturated rings. The predicted molar refractivity (Wildman–Crippen MR) is 93.7 cm³/mol. The number of ether oxygens (including phenoxy) is 1. The SMILES string of the molecule is COc1ccccc1CN(CCC(=O)Nc1ccccc1F)C(C)=O. The fraction of sp³-hybridized carbons (Fsp3) is 0.263. The van der Waals surface area contributed by atoms with Crippen molar-refractivity contribution in [3.05, 3.63) is 59.9 Å². The fourth-order valence-corrected chi connectivity index (χ4v) is 2.40. The average Bonchev–Trinajstić information content (AvgIpc) is 2.60. The molecule has 0 heterocycles. The number of hydrogen-bond acceptors (Lipinski definition) is 3. The van der Waals surface area contributed by atoms with E-state index in [4.69, 9.17) is 4.74 Å². The van der Waals surface area contributed by atoms with Gasteiger partial charge in [-0.2, -0.15) is 0 Å². The van der Waals surface area contributed by atoms with Crippen molar-refractivity contribution in [3.63, 3.8) is 0 Å². The predicted octanol–water partition coefficient (Wildman–Crippen LogP) is 3.21. The zero-order valence-corrected chi connectivity index (χ0v) is 14.3. The first-order chi connectivity index (χ1) is 12.0. The number of nitrogens with zero attached hydrogens (tertiary/aromatic N) is 1. The molecule has 0 saturated heterocycles. The van der Waals surface area contributed by atoms with Crippen LogP contribution in [0.1, 0.15) is 18.9 Å². The highest BCUT2D eigenvalue weighted by molar-refractivity contribution is 5.91. The molecule has 0 bridgehead atoms. The molecule has 1 N–H and O–H groups in total. The Bertz CT molecular complexity index is 749. The van der Waals surface area contributed by atoms with Crippen molar-refractivity contribution in [3.8, 4) is 5.75 Å². The summed E-state index contributed by atoms with van der Waals surface area (Å²) in [5, 5.41) is 2.51. The van der Waals surface area contributed by atoms with Crippen LogP contribution in [0.5, 0.6) is 5.75 Å². The van der Waals surface area contributed by atoms with Crippen LogP contribution in [0.4, 0.5) is 10.1 Å². The zero-order valence-electron chi connectivity index (χ0n) is 14.3. The molecule has 0 aliphatic carbocycles. The monoisotopic (exact) mass is 344 g/mol. The fourth-order valence-electron chi connectivity index (χ4n) is 2.40. The molecule has 0 aliphatic rings. The summed E-state index contributed by atoms with van der Waals surface area (Å²) in [7, 11) is 1.57. The first-order valence-electron chi connectivity index (χ1n) is 7.93. The van der Waals surface area contributed by atoms with Crippen LogP contribution >= 0.6 is 0 Å². The van der Waals surface area contributed by atoms with E-state index in [1.807, 2.05) is 24.3 Å². The highest BCUT2D eigenvalue weighted by atomic mass is 19.1. The molecule has 0 aromatic heterocycles. The van der Waals surface area contributed by atoms with Crippen LogP contribution in [0.3, 0.4) is 0 Å². The minimum atomic E-state index is -0.492. The Kier molecular flexibility index (Phi) is 6.51. The number of amides is 2. The molecular formula is C19H21FN2O3. The Morgan fingerprint density at radius 1 is 1.12 bits per heavy atom. The first kappa shape index (κ1) is 18.4. The van der Waals surface area contributed by atoms with Gasteiger partial charge < -0.3 is 15.0 Å². The Morgan fingerprint density at radius 3 is 2.48 bits per heavy atom. The van der Waals surface area contributed by atoms with E-state index in [2.05, 4.69) is 5.32 Å². The quantitative estimate of drug-likeness (QED) is 0.839. The first-order valence-corrected chi connectivity index (χ1v) is 7.93. The van der Waals surface area contributed by atoms with Crippen LogP contribution in [0, 0.1) is 5.82 Å². The number of para-hydroxylation sites is 2. The second kappa shape index (κ2) is 8.82. The molecule has 0 spiro atoms. The van der Waals surface area contributed by atoms with Gasteiger partial charge in [-0.3, -0.25) is 9.59 Å². The topological polar surface area (TPSA) is 58.6 Å². The summed E-state index contributed by atoms with van der Waals surface area (Å²) < 4.78 is 18.8. The summed E-state index contributed by atoms with van der Waals surface area (Å²) in [6.45, 7) is 2.02. The van der Waals surface area contributed by atoms with Gasteiger partial charge in [0.15, 0.2) is 0 Å². The summed E-state index contributed by atoms with van der Waals surface area (Å²) in [6, 6.07) is 13.4. The van der Waals surface area contributed by atoms with Crippen molar-refractivity contribution in [1.82, 2.24) is 4.90 Å². The Balaban J connectivity index is 1.96. The van der Waals surface area contributed by atoms with E-state index in [1.165, 1.54) is 19.1 Å². The zero-order chi connectivity index (χ0) is 18.2. The van der Waals surface area contributed by atoms with Gasteiger partial charge in [0, 0.05) is 32.0 Å². The van der Waals surface area contributed by atoms with Gasteiger partial charge in [0.2, 0.25) is 11.8 Å². The summed E-state index contributed by atoms with van der Waals surface area (Å²) in [4.78, 5) is 25.4. The molecule has 2 aromatic carbocycles. The molecule has 0 unspecified atom stereocenters. The number of halogens is 1. The molecule has 2 rings (SSSR count). The second-order valence-electron chi connectivity index (χ2n) is 5.53. The van der Waals surface area contributed by atoms with E-state index in [0.29, 0.717) is 12.3 Å². The maximum atomic E-state index is 13.6. The molecule has 6 heteroatoms. The largest absolute Gasteiger partial charge is 0.496 e. The highest BCUT2D eigenvalue weighted by Crippen LogP contribution is 2.19. The van der Waals surface area contributed by atoms with Gasteiger partial charge in [-0.05, 0) is 18.2 Å². The second-order valence-corrected chi connectivity index (χ2v) is 5.53. The number of anilines is 1. The Labute approximate surface area is 146 Å². The van der Waals surface area contributed by atoms with Crippen molar-refractivity contribution in [2.24, 2.45) is 0 Å². The van der Waals surface area contributed by atoms with E-state index in [9.17, 15) is 14.0 Å². The lowest BCUT2D eigenvalue weighted by atomic mass is 10.2. The van der Waals surface area contributed by atoms with E-state index in [-0.39, 0.29) is 30.5 Å². The third-order valence-corrected chi connectivity index (χ3v) is 3.76. The number of carbonyl (C=O) groups is 2. The van der Waals surface area contributed by atoms with Crippen LogP contribution in [-0.2, 0) is 16.1 Å². The van der Waals surface area contributed by atoms with Gasteiger partial charge in [0.1, 0.15) is 11.6 Å². The van der Waals surface area contributed by atoms with Gasteiger partial charge in [0.05, 0.1) is 12.8 Å². The number of rotatable bonds is 7. The van der Waals surface area contributed by atoms with Gasteiger partial charge in [-0.1, -0.05) is 30.3 Å². The third-order valence-electron chi connectivity index (χ3n) is 3.76. The number of hydrogen-bond donors (Lipinski definition) is 1. The van der Waals surface area contributed by atoms with Crippen LogP contribution in [0.2, 0.25) is 0 Å². The van der Waals surface area contributed by atoms with E-state index in [0.717, 1.165) is 5.56 Å². The summed E-state index contributed by atoms with van der Waals surface area (Å²) in [5.74, 6) is -0.307.